The van der Waals surface area contributed by atoms with Gasteiger partial charge < -0.3 is 20.6 Å². The topological polar surface area (TPSA) is 76.0 Å². The van der Waals surface area contributed by atoms with Crippen LogP contribution >= 0.6 is 0 Å². The maximum Gasteiger partial charge on any atom is 0.152 e. The summed E-state index contributed by atoms with van der Waals surface area (Å²) >= 11 is 0. The molecule has 1 aliphatic heterocycles. The van der Waals surface area contributed by atoms with Crippen molar-refractivity contribution in [3.05, 3.63) is 58.6 Å². The van der Waals surface area contributed by atoms with Crippen molar-refractivity contribution >= 4 is 0 Å². The van der Waals surface area contributed by atoms with Crippen LogP contribution in [0.2, 0.25) is 0 Å². The van der Waals surface area contributed by atoms with Gasteiger partial charge in [-0.1, -0.05) is 24.3 Å². The molecule has 5 nitrogen and oxygen atoms in total. The van der Waals surface area contributed by atoms with Gasteiger partial charge in [0.15, 0.2) is 5.76 Å². The molecule has 0 bridgehead atoms. The maximum atomic E-state index is 9.77. The fourth-order valence-corrected chi connectivity index (χ4v) is 4.03. The predicted molar refractivity (Wildman–Crippen MR) is 107 cm³/mol. The van der Waals surface area contributed by atoms with E-state index in [1.54, 1.807) is 6.08 Å². The first kappa shape index (κ1) is 19.9. The molecule has 1 unspecified atom stereocenters. The molecule has 27 heavy (non-hydrogen) atoms. The van der Waals surface area contributed by atoms with Gasteiger partial charge in [-0.2, -0.15) is 0 Å². The Kier molecular flexibility index (Phi) is 6.25. The van der Waals surface area contributed by atoms with Gasteiger partial charge in [-0.05, 0) is 55.4 Å². The summed E-state index contributed by atoms with van der Waals surface area (Å²) in [6.45, 7) is 8.07. The molecule has 1 aliphatic carbocycles. The number of nitrogens with zero attached hydrogens (tertiary/aromatic N) is 1. The monoisotopic (exact) mass is 372 g/mol. The summed E-state index contributed by atoms with van der Waals surface area (Å²) in [5.41, 5.74) is 4.19. The zero-order valence-corrected chi connectivity index (χ0v) is 16.4. The molecule has 0 radical (unpaired) electrons. The smallest absolute Gasteiger partial charge is 0.152 e. The average Bonchev–Trinajstić information content (AvgIpc) is 3.09. The van der Waals surface area contributed by atoms with E-state index in [4.69, 9.17) is 5.11 Å². The van der Waals surface area contributed by atoms with Gasteiger partial charge >= 0.3 is 0 Å². The Morgan fingerprint density at radius 1 is 1.22 bits per heavy atom. The number of hydrogen-bond donors (Lipinski definition) is 4. The van der Waals surface area contributed by atoms with Gasteiger partial charge in [0.05, 0.1) is 6.61 Å². The Morgan fingerprint density at radius 2 is 2.04 bits per heavy atom. The maximum absolute atomic E-state index is 9.77. The fourth-order valence-electron chi connectivity index (χ4n) is 4.03. The molecule has 1 heterocycles. The third kappa shape index (κ3) is 4.72. The van der Waals surface area contributed by atoms with Crippen molar-refractivity contribution in [2.24, 2.45) is 5.92 Å². The van der Waals surface area contributed by atoms with Crippen LogP contribution in [0.25, 0.3) is 0 Å². The molecule has 0 spiro atoms. The van der Waals surface area contributed by atoms with Crippen molar-refractivity contribution in [1.82, 2.24) is 10.2 Å². The zero-order chi connectivity index (χ0) is 19.4. The van der Waals surface area contributed by atoms with Crippen LogP contribution in [-0.4, -0.2) is 38.9 Å². The van der Waals surface area contributed by atoms with E-state index in [9.17, 15) is 10.2 Å². The van der Waals surface area contributed by atoms with Crippen LogP contribution in [0, 0.1) is 5.92 Å². The van der Waals surface area contributed by atoms with Crippen LogP contribution in [0.5, 0.6) is 0 Å². The molecule has 1 aromatic rings. The lowest BCUT2D eigenvalue weighted by Crippen LogP contribution is -2.40. The summed E-state index contributed by atoms with van der Waals surface area (Å²) in [5, 5.41) is 31.6. The highest BCUT2D eigenvalue weighted by Crippen LogP contribution is 2.35. The summed E-state index contributed by atoms with van der Waals surface area (Å²) < 4.78 is 0. The van der Waals surface area contributed by atoms with Crippen molar-refractivity contribution in [1.29, 1.82) is 0 Å². The van der Waals surface area contributed by atoms with Crippen molar-refractivity contribution in [3.63, 3.8) is 0 Å². The lowest BCUT2D eigenvalue weighted by atomic mass is 9.87. The molecule has 5 heteroatoms. The molecule has 3 rings (SSSR count). The standard InChI is InChI=1S/C22H32N2O3/c1-22(2,9-8-16-6-7-20(26)21(27)12-16)24-14-18-5-3-4-17(19(18)15-24)13-23-10-11-25/h3-7,16,23,25-27H,8-15H2,1-2H3. The number of rotatable bonds is 8. The van der Waals surface area contributed by atoms with Crippen LogP contribution in [0.15, 0.2) is 41.9 Å². The van der Waals surface area contributed by atoms with E-state index in [1.807, 2.05) is 6.08 Å². The number of aliphatic hydroxyl groups is 3. The van der Waals surface area contributed by atoms with Gasteiger partial charge in [0.1, 0.15) is 5.76 Å². The summed E-state index contributed by atoms with van der Waals surface area (Å²) in [6, 6.07) is 6.52. The Balaban J connectivity index is 1.59. The third-order valence-electron chi connectivity index (χ3n) is 5.94. The number of fused-ring (bicyclic) bond motifs is 1. The Bertz CT molecular complexity index is 724. The molecule has 2 aliphatic rings. The van der Waals surface area contributed by atoms with Gasteiger partial charge in [-0.25, -0.2) is 0 Å². The third-order valence-corrected chi connectivity index (χ3v) is 5.94. The van der Waals surface area contributed by atoms with E-state index in [1.165, 1.54) is 16.7 Å². The van der Waals surface area contributed by atoms with Gasteiger partial charge in [-0.15, -0.1) is 0 Å². The second-order valence-electron chi connectivity index (χ2n) is 8.32. The van der Waals surface area contributed by atoms with Crippen LogP contribution in [-0.2, 0) is 19.6 Å². The largest absolute Gasteiger partial charge is 0.508 e. The lowest BCUT2D eigenvalue weighted by molar-refractivity contribution is 0.102. The number of allylic oxidation sites excluding steroid dienone is 3. The second-order valence-corrected chi connectivity index (χ2v) is 8.32. The van der Waals surface area contributed by atoms with E-state index >= 15 is 0 Å². The minimum Gasteiger partial charge on any atom is -0.508 e. The molecule has 4 N–H and O–H groups in total. The molecule has 148 valence electrons. The summed E-state index contributed by atoms with van der Waals surface area (Å²) in [7, 11) is 0. The first-order valence-corrected chi connectivity index (χ1v) is 9.86. The molecular formula is C22H32N2O3. The van der Waals surface area contributed by atoms with Crippen LogP contribution in [0.4, 0.5) is 0 Å². The van der Waals surface area contributed by atoms with E-state index in [0.717, 1.165) is 32.5 Å². The first-order chi connectivity index (χ1) is 12.9. The van der Waals surface area contributed by atoms with Gasteiger partial charge in [0.2, 0.25) is 0 Å². The summed E-state index contributed by atoms with van der Waals surface area (Å²) in [6.07, 6.45) is 6.17. The molecular weight excluding hydrogens is 340 g/mol. The van der Waals surface area contributed by atoms with E-state index < -0.39 is 0 Å². The fraction of sp³-hybridized carbons (Fsp3) is 0.545. The first-order valence-electron chi connectivity index (χ1n) is 9.86. The predicted octanol–water partition coefficient (Wildman–Crippen LogP) is 3.55. The van der Waals surface area contributed by atoms with E-state index in [2.05, 4.69) is 42.3 Å². The van der Waals surface area contributed by atoms with Crippen molar-refractivity contribution in [2.75, 3.05) is 13.2 Å². The number of hydrogen-bond acceptors (Lipinski definition) is 5. The molecule has 0 saturated carbocycles. The highest BCUT2D eigenvalue weighted by molar-refractivity contribution is 5.38. The van der Waals surface area contributed by atoms with Crippen LogP contribution < -0.4 is 5.32 Å². The van der Waals surface area contributed by atoms with E-state index in [-0.39, 0.29) is 29.6 Å². The quantitative estimate of drug-likeness (QED) is 0.525. The summed E-state index contributed by atoms with van der Waals surface area (Å²) in [4.78, 5) is 2.53. The Labute approximate surface area is 162 Å². The number of benzene rings is 1. The van der Waals surface area contributed by atoms with Crippen molar-refractivity contribution < 1.29 is 15.3 Å². The molecule has 0 amide bonds. The molecule has 1 atom stereocenters. The van der Waals surface area contributed by atoms with Crippen LogP contribution in [0.3, 0.4) is 0 Å². The molecule has 0 saturated heterocycles. The Morgan fingerprint density at radius 3 is 2.78 bits per heavy atom. The summed E-state index contributed by atoms with van der Waals surface area (Å²) in [5.74, 6) is 0.389. The average molecular weight is 373 g/mol. The molecule has 0 aromatic heterocycles. The Hall–Kier alpha value is -1.82. The highest BCUT2D eigenvalue weighted by Gasteiger charge is 2.33. The highest BCUT2D eigenvalue weighted by atomic mass is 16.3. The SMILES string of the molecule is CC(C)(CCC1C=CC(O)=C(O)C1)N1Cc2cccc(CNCCO)c2C1. The minimum atomic E-state index is 0.00263. The molecule has 1 aromatic carbocycles. The van der Waals surface area contributed by atoms with Crippen LogP contribution in [0.1, 0.15) is 49.8 Å². The van der Waals surface area contributed by atoms with Gasteiger partial charge in [-0.3, -0.25) is 4.90 Å². The zero-order valence-electron chi connectivity index (χ0n) is 16.4. The number of aliphatic hydroxyl groups excluding tert-OH is 3. The normalized spacial score (nSPS) is 20.3. The number of nitrogens with one attached hydrogen (secondary N) is 1. The molecule has 0 fully saturated rings. The minimum absolute atomic E-state index is 0.00263. The van der Waals surface area contributed by atoms with Crippen molar-refractivity contribution in [3.8, 4) is 0 Å². The van der Waals surface area contributed by atoms with Crippen molar-refractivity contribution in [2.45, 2.75) is 58.3 Å². The van der Waals surface area contributed by atoms with E-state index in [0.29, 0.717) is 13.0 Å². The van der Waals surface area contributed by atoms with Gasteiger partial charge in [0.25, 0.3) is 0 Å². The lowest BCUT2D eigenvalue weighted by Gasteiger charge is -2.36. The second kappa shape index (κ2) is 8.46. The van der Waals surface area contributed by atoms with Gasteiger partial charge in [0, 0.05) is 38.1 Å².